The van der Waals surface area contributed by atoms with Gasteiger partial charge in [0.15, 0.2) is 5.82 Å². The number of hydrogen-bond donors (Lipinski definition) is 1. The van der Waals surface area contributed by atoms with Crippen molar-refractivity contribution in [2.45, 2.75) is 52.8 Å². The lowest BCUT2D eigenvalue weighted by molar-refractivity contribution is -0.159. The Morgan fingerprint density at radius 2 is 1.57 bits per heavy atom. The van der Waals surface area contributed by atoms with E-state index in [1.807, 2.05) is 92.7 Å². The van der Waals surface area contributed by atoms with Gasteiger partial charge in [0.1, 0.15) is 18.4 Å². The Hall–Kier alpha value is -4.66. The number of rotatable bonds is 12. The molecule has 1 amide bonds. The van der Waals surface area contributed by atoms with E-state index in [9.17, 15) is 14.4 Å². The van der Waals surface area contributed by atoms with Gasteiger partial charge >= 0.3 is 5.97 Å². The number of ketones is 1. The number of carbonyl (C=O) groups excluding carboxylic acids is 3. The maximum absolute atomic E-state index is 13.5. The molecule has 4 aromatic rings. The van der Waals surface area contributed by atoms with E-state index in [2.05, 4.69) is 20.6 Å². The molecule has 9 heteroatoms. The lowest BCUT2D eigenvalue weighted by Crippen LogP contribution is -2.48. The molecule has 1 aromatic heterocycles. The number of esters is 1. The van der Waals surface area contributed by atoms with Gasteiger partial charge in [0, 0.05) is 24.9 Å². The Balaban J connectivity index is 1.67. The fourth-order valence-electron chi connectivity index (χ4n) is 4.57. The van der Waals surface area contributed by atoms with E-state index in [4.69, 9.17) is 4.74 Å². The minimum absolute atomic E-state index is 0.00545. The Morgan fingerprint density at radius 3 is 2.20 bits per heavy atom. The number of aromatic nitrogens is 4. The first-order valence-corrected chi connectivity index (χ1v) is 13.3. The molecular formula is C31H33N5O4. The van der Waals surface area contributed by atoms with Crippen LogP contribution in [0.3, 0.4) is 0 Å². The van der Waals surface area contributed by atoms with Crippen molar-refractivity contribution in [3.8, 4) is 22.5 Å². The molecule has 1 heterocycles. The summed E-state index contributed by atoms with van der Waals surface area (Å²) in [7, 11) is 0. The number of nitrogens with one attached hydrogen (secondary N) is 1. The molecule has 3 aromatic carbocycles. The number of amides is 1. The minimum Gasteiger partial charge on any atom is -0.459 e. The van der Waals surface area contributed by atoms with Gasteiger partial charge in [-0.25, -0.2) is 9.89 Å². The molecule has 0 fully saturated rings. The van der Waals surface area contributed by atoms with Crippen LogP contribution < -0.4 is 0 Å². The molecule has 206 valence electrons. The highest BCUT2D eigenvalue weighted by Crippen LogP contribution is 2.31. The number of ether oxygens (including phenoxy) is 1. The average Bonchev–Trinajstić information content (AvgIpc) is 3.50. The van der Waals surface area contributed by atoms with Gasteiger partial charge in [-0.3, -0.25) is 4.79 Å². The fraction of sp³-hybridized carbons (Fsp3) is 0.290. The Kier molecular flexibility index (Phi) is 9.51. The standard InChI is InChI=1S/C31H33N5O4/c1-21(2)29(31(39)40-20-23-10-6-4-7-11-23)36(28(38)17-14-22(3)37)19-24-15-16-26(25-12-8-5-9-13-25)27(18-24)30-32-34-35-33-30/h4-13,15-16,18,21,29H,14,17,19-20H2,1-3H3,(H,32,33,34,35). The zero-order valence-corrected chi connectivity index (χ0v) is 22.9. The smallest absolute Gasteiger partial charge is 0.329 e. The first-order chi connectivity index (χ1) is 19.3. The zero-order valence-electron chi connectivity index (χ0n) is 22.9. The molecule has 1 unspecified atom stereocenters. The predicted octanol–water partition coefficient (Wildman–Crippen LogP) is 5.00. The summed E-state index contributed by atoms with van der Waals surface area (Å²) in [6, 6.07) is 24.2. The summed E-state index contributed by atoms with van der Waals surface area (Å²) in [6.07, 6.45) is 0.104. The van der Waals surface area contributed by atoms with Crippen molar-refractivity contribution in [2.75, 3.05) is 0 Å². The number of nitrogens with zero attached hydrogens (tertiary/aromatic N) is 4. The molecular weight excluding hydrogens is 506 g/mol. The summed E-state index contributed by atoms with van der Waals surface area (Å²) in [4.78, 5) is 40.1. The van der Waals surface area contributed by atoms with Crippen LogP contribution in [0.4, 0.5) is 0 Å². The average molecular weight is 540 g/mol. The molecule has 0 aliphatic carbocycles. The van der Waals surface area contributed by atoms with Crippen molar-refractivity contribution in [1.29, 1.82) is 0 Å². The molecule has 4 rings (SSSR count). The van der Waals surface area contributed by atoms with Crippen molar-refractivity contribution in [3.05, 3.63) is 90.0 Å². The van der Waals surface area contributed by atoms with Crippen LogP contribution in [0.5, 0.6) is 0 Å². The second-order valence-electron chi connectivity index (χ2n) is 10.0. The van der Waals surface area contributed by atoms with Crippen molar-refractivity contribution in [3.63, 3.8) is 0 Å². The van der Waals surface area contributed by atoms with Gasteiger partial charge in [0.05, 0.1) is 0 Å². The van der Waals surface area contributed by atoms with Crippen molar-refractivity contribution in [2.24, 2.45) is 5.92 Å². The lowest BCUT2D eigenvalue weighted by Gasteiger charge is -2.33. The summed E-state index contributed by atoms with van der Waals surface area (Å²) in [5.74, 6) is -0.617. The topological polar surface area (TPSA) is 118 Å². The van der Waals surface area contributed by atoms with Crippen LogP contribution in [0.15, 0.2) is 78.9 Å². The molecule has 0 aliphatic rings. The summed E-state index contributed by atoms with van der Waals surface area (Å²) in [6.45, 7) is 5.45. The van der Waals surface area contributed by atoms with Crippen molar-refractivity contribution in [1.82, 2.24) is 25.5 Å². The molecule has 0 saturated heterocycles. The Morgan fingerprint density at radius 1 is 0.875 bits per heavy atom. The second-order valence-corrected chi connectivity index (χ2v) is 10.0. The molecule has 40 heavy (non-hydrogen) atoms. The number of aromatic amines is 1. The highest BCUT2D eigenvalue weighted by atomic mass is 16.5. The minimum atomic E-state index is -0.840. The van der Waals surface area contributed by atoms with Gasteiger partial charge in [-0.2, -0.15) is 0 Å². The summed E-state index contributed by atoms with van der Waals surface area (Å²) in [5.41, 5.74) is 4.30. The van der Waals surface area contributed by atoms with E-state index in [1.165, 1.54) is 11.8 Å². The summed E-state index contributed by atoms with van der Waals surface area (Å²) >= 11 is 0. The van der Waals surface area contributed by atoms with Gasteiger partial charge < -0.3 is 14.4 Å². The maximum Gasteiger partial charge on any atom is 0.329 e. The number of H-pyrrole nitrogens is 1. The van der Waals surface area contributed by atoms with Crippen LogP contribution >= 0.6 is 0 Å². The molecule has 9 nitrogen and oxygen atoms in total. The van der Waals surface area contributed by atoms with Crippen LogP contribution in [0.1, 0.15) is 44.7 Å². The number of benzene rings is 3. The maximum atomic E-state index is 13.5. The van der Waals surface area contributed by atoms with Gasteiger partial charge in [-0.15, -0.1) is 5.10 Å². The van der Waals surface area contributed by atoms with E-state index < -0.39 is 12.0 Å². The number of carbonyl (C=O) groups is 3. The Labute approximate surface area is 233 Å². The van der Waals surface area contributed by atoms with Crippen LogP contribution in [0.25, 0.3) is 22.5 Å². The lowest BCUT2D eigenvalue weighted by atomic mass is 9.95. The molecule has 1 atom stereocenters. The van der Waals surface area contributed by atoms with Gasteiger partial charge in [0.2, 0.25) is 5.91 Å². The molecule has 0 spiro atoms. The van der Waals surface area contributed by atoms with E-state index in [1.54, 1.807) is 0 Å². The summed E-state index contributed by atoms with van der Waals surface area (Å²) in [5, 5.41) is 14.4. The highest BCUT2D eigenvalue weighted by molar-refractivity contribution is 5.88. The number of Topliss-reactive ketones (excluding diaryl/α,β-unsaturated/α-hetero) is 1. The van der Waals surface area contributed by atoms with Crippen LogP contribution in [-0.4, -0.2) is 49.2 Å². The Bertz CT molecular complexity index is 1420. The quantitative estimate of drug-likeness (QED) is 0.252. The molecule has 0 radical (unpaired) electrons. The second kappa shape index (κ2) is 13.4. The first kappa shape index (κ1) is 28.4. The van der Waals surface area contributed by atoms with Gasteiger partial charge in [-0.1, -0.05) is 86.6 Å². The largest absolute Gasteiger partial charge is 0.459 e. The van der Waals surface area contributed by atoms with Gasteiger partial charge in [0.25, 0.3) is 0 Å². The third-order valence-corrected chi connectivity index (χ3v) is 6.57. The normalized spacial score (nSPS) is 11.7. The van der Waals surface area contributed by atoms with E-state index in [-0.39, 0.29) is 43.6 Å². The van der Waals surface area contributed by atoms with Crippen LogP contribution in [0, 0.1) is 5.92 Å². The SMILES string of the molecule is CC(=O)CCC(=O)N(Cc1ccc(-c2ccccc2)c(-c2nnn[nH]2)c1)C(C(=O)OCc1ccccc1)C(C)C. The van der Waals surface area contributed by atoms with E-state index in [0.717, 1.165) is 27.8 Å². The zero-order chi connectivity index (χ0) is 28.5. The van der Waals surface area contributed by atoms with E-state index in [0.29, 0.717) is 5.82 Å². The molecule has 0 aliphatic heterocycles. The molecule has 1 N–H and O–H groups in total. The third kappa shape index (κ3) is 7.25. The first-order valence-electron chi connectivity index (χ1n) is 13.3. The predicted molar refractivity (Wildman–Crippen MR) is 150 cm³/mol. The van der Waals surface area contributed by atoms with Crippen LogP contribution in [0.2, 0.25) is 0 Å². The van der Waals surface area contributed by atoms with Crippen molar-refractivity contribution < 1.29 is 19.1 Å². The van der Waals surface area contributed by atoms with E-state index >= 15 is 0 Å². The number of tetrazole rings is 1. The third-order valence-electron chi connectivity index (χ3n) is 6.57. The summed E-state index contributed by atoms with van der Waals surface area (Å²) < 4.78 is 5.67. The number of hydrogen-bond acceptors (Lipinski definition) is 7. The van der Waals surface area contributed by atoms with Crippen molar-refractivity contribution >= 4 is 17.7 Å². The molecule has 0 saturated carbocycles. The highest BCUT2D eigenvalue weighted by Gasteiger charge is 2.34. The van der Waals surface area contributed by atoms with Crippen LogP contribution in [-0.2, 0) is 32.3 Å². The monoisotopic (exact) mass is 539 g/mol. The fourth-order valence-corrected chi connectivity index (χ4v) is 4.57. The van der Waals surface area contributed by atoms with Gasteiger partial charge in [-0.05, 0) is 51.6 Å². The molecule has 0 bridgehead atoms.